The lowest BCUT2D eigenvalue weighted by molar-refractivity contribution is -0.121. The summed E-state index contributed by atoms with van der Waals surface area (Å²) in [5, 5.41) is 10.2. The molecule has 7 heteroatoms. The Hall–Kier alpha value is -2.83. The molecule has 2 aromatic rings. The highest BCUT2D eigenvalue weighted by Crippen LogP contribution is 2.22. The zero-order valence-electron chi connectivity index (χ0n) is 15.9. The normalized spacial score (nSPS) is 16.0. The molecule has 2 heterocycles. The first-order valence-electron chi connectivity index (χ1n) is 9.53. The van der Waals surface area contributed by atoms with Gasteiger partial charge in [0.05, 0.1) is 12.2 Å². The molecule has 1 aromatic heterocycles. The molecule has 27 heavy (non-hydrogen) atoms. The van der Waals surface area contributed by atoms with Gasteiger partial charge in [0, 0.05) is 30.8 Å². The maximum Gasteiger partial charge on any atom is 0.321 e. The van der Waals surface area contributed by atoms with Gasteiger partial charge in [-0.1, -0.05) is 25.1 Å². The number of urea groups is 1. The number of carbonyl (C=O) groups excluding carboxylic acids is 2. The monoisotopic (exact) mass is 369 g/mol. The lowest BCUT2D eigenvalue weighted by atomic mass is 9.96. The summed E-state index contributed by atoms with van der Waals surface area (Å²) >= 11 is 0. The second-order valence-corrected chi connectivity index (χ2v) is 6.97. The number of nitrogens with zero attached hydrogens (tertiary/aromatic N) is 3. The Labute approximate surface area is 159 Å². The van der Waals surface area contributed by atoms with Crippen LogP contribution in [-0.4, -0.2) is 39.7 Å². The van der Waals surface area contributed by atoms with Gasteiger partial charge >= 0.3 is 6.03 Å². The van der Waals surface area contributed by atoms with Gasteiger partial charge in [-0.15, -0.1) is 0 Å². The fourth-order valence-corrected chi connectivity index (χ4v) is 3.23. The molecule has 0 bridgehead atoms. The number of carbonyl (C=O) groups is 2. The number of hydrogen-bond donors (Lipinski definition) is 2. The maximum absolute atomic E-state index is 12.6. The molecule has 3 rings (SSSR count). The number of rotatable bonds is 5. The Morgan fingerprint density at radius 3 is 2.52 bits per heavy atom. The van der Waals surface area contributed by atoms with Gasteiger partial charge < -0.3 is 15.5 Å². The molecule has 1 fully saturated rings. The van der Waals surface area contributed by atoms with Crippen molar-refractivity contribution < 1.29 is 9.59 Å². The van der Waals surface area contributed by atoms with Crippen LogP contribution in [0.15, 0.2) is 42.6 Å². The Kier molecular flexibility index (Phi) is 6.11. The number of anilines is 2. The van der Waals surface area contributed by atoms with E-state index in [1.807, 2.05) is 41.1 Å². The van der Waals surface area contributed by atoms with E-state index in [0.717, 1.165) is 17.9 Å². The number of likely N-dealkylation sites (tertiary alicyclic amines) is 1. The number of nitrogens with one attached hydrogen (secondary N) is 2. The van der Waals surface area contributed by atoms with Crippen molar-refractivity contribution in [3.8, 4) is 0 Å². The summed E-state index contributed by atoms with van der Waals surface area (Å²) < 4.78 is 1.85. The zero-order chi connectivity index (χ0) is 19.2. The van der Waals surface area contributed by atoms with E-state index in [4.69, 9.17) is 0 Å². The molecule has 0 radical (unpaired) electrons. The minimum absolute atomic E-state index is 0.00294. The second-order valence-electron chi connectivity index (χ2n) is 6.97. The number of piperidine rings is 1. The van der Waals surface area contributed by atoms with Crippen LogP contribution in [0, 0.1) is 5.92 Å². The largest absolute Gasteiger partial charge is 0.324 e. The summed E-state index contributed by atoms with van der Waals surface area (Å²) in [6.07, 6.45) is 3.97. The van der Waals surface area contributed by atoms with Crippen molar-refractivity contribution in [3.05, 3.63) is 42.6 Å². The molecule has 1 atom stereocenters. The van der Waals surface area contributed by atoms with Gasteiger partial charge in [0.2, 0.25) is 5.91 Å². The highest BCUT2D eigenvalue weighted by Gasteiger charge is 2.28. The molecule has 1 saturated heterocycles. The Morgan fingerprint density at radius 1 is 1.15 bits per heavy atom. The smallest absolute Gasteiger partial charge is 0.321 e. The van der Waals surface area contributed by atoms with Crippen molar-refractivity contribution in [2.45, 2.75) is 39.2 Å². The average molecular weight is 369 g/mol. The third kappa shape index (κ3) is 4.67. The Balaban J connectivity index is 1.51. The second kappa shape index (κ2) is 8.70. The first-order chi connectivity index (χ1) is 13.1. The standard InChI is InChI=1S/C20H27N5O2/c1-3-15(2)25-18(9-12-21-25)23-19(26)16-10-13-24(14-11-16)20(27)22-17-7-5-4-6-8-17/h4-9,12,15-16H,3,10-11,13-14H2,1-2H3,(H,22,27)(H,23,26). The van der Waals surface area contributed by atoms with Crippen LogP contribution in [0.2, 0.25) is 0 Å². The van der Waals surface area contributed by atoms with Crippen molar-refractivity contribution in [1.29, 1.82) is 0 Å². The first kappa shape index (κ1) is 18.9. The van der Waals surface area contributed by atoms with E-state index in [9.17, 15) is 9.59 Å². The molecular formula is C20H27N5O2. The summed E-state index contributed by atoms with van der Waals surface area (Å²) in [6, 6.07) is 11.3. The molecule has 0 aliphatic carbocycles. The van der Waals surface area contributed by atoms with Crippen LogP contribution in [0.3, 0.4) is 0 Å². The van der Waals surface area contributed by atoms with Gasteiger partial charge in [-0.2, -0.15) is 5.10 Å². The van der Waals surface area contributed by atoms with E-state index < -0.39 is 0 Å². The summed E-state index contributed by atoms with van der Waals surface area (Å²) in [5.41, 5.74) is 0.778. The van der Waals surface area contributed by atoms with E-state index in [-0.39, 0.29) is 23.9 Å². The molecule has 0 spiro atoms. The van der Waals surface area contributed by atoms with E-state index in [0.29, 0.717) is 25.9 Å². The first-order valence-corrected chi connectivity index (χ1v) is 9.53. The van der Waals surface area contributed by atoms with Crippen LogP contribution in [0.4, 0.5) is 16.3 Å². The number of amides is 3. The van der Waals surface area contributed by atoms with Crippen LogP contribution in [0.1, 0.15) is 39.2 Å². The van der Waals surface area contributed by atoms with Crippen molar-refractivity contribution in [3.63, 3.8) is 0 Å². The molecule has 3 amide bonds. The maximum atomic E-state index is 12.6. The third-order valence-electron chi connectivity index (χ3n) is 5.11. The van der Waals surface area contributed by atoms with Crippen LogP contribution < -0.4 is 10.6 Å². The minimum atomic E-state index is -0.116. The predicted molar refractivity (Wildman–Crippen MR) is 106 cm³/mol. The van der Waals surface area contributed by atoms with Crippen LogP contribution in [0.5, 0.6) is 0 Å². The molecular weight excluding hydrogens is 342 g/mol. The average Bonchev–Trinajstić information content (AvgIpc) is 3.16. The van der Waals surface area contributed by atoms with E-state index >= 15 is 0 Å². The topological polar surface area (TPSA) is 79.3 Å². The van der Waals surface area contributed by atoms with Crippen molar-refractivity contribution in [1.82, 2.24) is 14.7 Å². The molecule has 7 nitrogen and oxygen atoms in total. The minimum Gasteiger partial charge on any atom is -0.324 e. The van der Waals surface area contributed by atoms with Gasteiger partial charge in [-0.3, -0.25) is 4.79 Å². The van der Waals surface area contributed by atoms with Crippen molar-refractivity contribution >= 4 is 23.4 Å². The van der Waals surface area contributed by atoms with Crippen LogP contribution in [-0.2, 0) is 4.79 Å². The van der Waals surface area contributed by atoms with Gasteiger partial charge in [0.1, 0.15) is 5.82 Å². The lowest BCUT2D eigenvalue weighted by Gasteiger charge is -2.31. The molecule has 2 N–H and O–H groups in total. The van der Waals surface area contributed by atoms with Gasteiger partial charge in [0.25, 0.3) is 0 Å². The summed E-state index contributed by atoms with van der Waals surface area (Å²) in [6.45, 7) is 5.31. The molecule has 1 aliphatic heterocycles. The lowest BCUT2D eigenvalue weighted by Crippen LogP contribution is -2.43. The number of aromatic nitrogens is 2. The molecule has 144 valence electrons. The molecule has 1 unspecified atom stereocenters. The predicted octanol–water partition coefficient (Wildman–Crippen LogP) is 3.74. The molecule has 1 aromatic carbocycles. The molecule has 0 saturated carbocycles. The van der Waals surface area contributed by atoms with Crippen molar-refractivity contribution in [2.24, 2.45) is 5.92 Å². The van der Waals surface area contributed by atoms with E-state index in [2.05, 4.69) is 29.6 Å². The van der Waals surface area contributed by atoms with E-state index in [1.165, 1.54) is 0 Å². The summed E-state index contributed by atoms with van der Waals surface area (Å²) in [5.74, 6) is 0.646. The number of hydrogen-bond acceptors (Lipinski definition) is 3. The third-order valence-corrected chi connectivity index (χ3v) is 5.11. The Morgan fingerprint density at radius 2 is 1.85 bits per heavy atom. The van der Waals surface area contributed by atoms with E-state index in [1.54, 1.807) is 11.1 Å². The molecule has 1 aliphatic rings. The highest BCUT2D eigenvalue weighted by molar-refractivity contribution is 5.92. The number of para-hydroxylation sites is 1. The summed E-state index contributed by atoms with van der Waals surface area (Å²) in [4.78, 5) is 26.7. The van der Waals surface area contributed by atoms with Gasteiger partial charge in [-0.25, -0.2) is 9.48 Å². The highest BCUT2D eigenvalue weighted by atomic mass is 16.2. The summed E-state index contributed by atoms with van der Waals surface area (Å²) in [7, 11) is 0. The zero-order valence-corrected chi connectivity index (χ0v) is 15.9. The van der Waals surface area contributed by atoms with Crippen LogP contribution >= 0.6 is 0 Å². The van der Waals surface area contributed by atoms with Crippen LogP contribution in [0.25, 0.3) is 0 Å². The Bertz CT molecular complexity index is 766. The fourth-order valence-electron chi connectivity index (χ4n) is 3.23. The SMILES string of the molecule is CCC(C)n1nccc1NC(=O)C1CCN(C(=O)Nc2ccccc2)CC1. The van der Waals surface area contributed by atoms with Gasteiger partial charge in [0.15, 0.2) is 0 Å². The van der Waals surface area contributed by atoms with Gasteiger partial charge in [-0.05, 0) is 38.3 Å². The number of benzene rings is 1. The van der Waals surface area contributed by atoms with Crippen molar-refractivity contribution in [2.75, 3.05) is 23.7 Å². The fraction of sp³-hybridized carbons (Fsp3) is 0.450. The quantitative estimate of drug-likeness (QED) is 0.843.